The molecule has 0 spiro atoms. The van der Waals surface area contributed by atoms with Crippen LogP contribution in [0.4, 0.5) is 0 Å². The molecular formula is C13H20ClNO2. The van der Waals surface area contributed by atoms with Crippen LogP contribution in [-0.2, 0) is 0 Å². The molecule has 0 atom stereocenters. The molecule has 0 aromatic heterocycles. The monoisotopic (exact) mass is 257 g/mol. The maximum atomic E-state index is 11.9. The van der Waals surface area contributed by atoms with E-state index >= 15 is 0 Å². The first-order valence-corrected chi connectivity index (χ1v) is 5.56. The summed E-state index contributed by atoms with van der Waals surface area (Å²) < 4.78 is 0.619. The van der Waals surface area contributed by atoms with E-state index in [1.807, 2.05) is 44.4 Å². The minimum Gasteiger partial charge on any atom is -1.00 e. The van der Waals surface area contributed by atoms with Gasteiger partial charge in [0.25, 0.3) is 0 Å². The van der Waals surface area contributed by atoms with E-state index in [0.29, 0.717) is 11.0 Å². The third-order valence-electron chi connectivity index (χ3n) is 2.59. The molecule has 0 saturated carbocycles. The number of aliphatic hydroxyl groups excluding tert-OH is 1. The number of benzene rings is 1. The fourth-order valence-corrected chi connectivity index (χ4v) is 1.68. The molecule has 17 heavy (non-hydrogen) atoms. The second-order valence-corrected chi connectivity index (χ2v) is 4.68. The average Bonchev–Trinajstić information content (AvgIpc) is 2.27. The number of aliphatic hydroxyl groups is 1. The summed E-state index contributed by atoms with van der Waals surface area (Å²) in [5.41, 5.74) is 0.762. The van der Waals surface area contributed by atoms with Crippen molar-refractivity contribution in [2.24, 2.45) is 0 Å². The first-order valence-electron chi connectivity index (χ1n) is 5.56. The van der Waals surface area contributed by atoms with Gasteiger partial charge in [0.2, 0.25) is 5.78 Å². The topological polar surface area (TPSA) is 37.3 Å². The number of quaternary nitrogens is 1. The molecule has 1 aromatic carbocycles. The molecule has 0 bridgehead atoms. The van der Waals surface area contributed by atoms with E-state index in [0.717, 1.165) is 18.5 Å². The number of ketones is 1. The van der Waals surface area contributed by atoms with Crippen molar-refractivity contribution in [3.05, 3.63) is 35.9 Å². The Hall–Kier alpha value is -0.900. The lowest BCUT2D eigenvalue weighted by Gasteiger charge is -2.28. The Balaban J connectivity index is 0.00000256. The van der Waals surface area contributed by atoms with E-state index in [2.05, 4.69) is 0 Å². The molecular weight excluding hydrogens is 238 g/mol. The van der Waals surface area contributed by atoms with Gasteiger partial charge in [0.15, 0.2) is 0 Å². The van der Waals surface area contributed by atoms with Gasteiger partial charge in [-0.25, -0.2) is 0 Å². The molecule has 0 radical (unpaired) electrons. The zero-order chi connectivity index (χ0) is 12.0. The molecule has 1 rings (SSSR count). The number of halogens is 1. The van der Waals surface area contributed by atoms with E-state index in [1.54, 1.807) is 0 Å². The van der Waals surface area contributed by atoms with E-state index in [4.69, 9.17) is 5.11 Å². The maximum absolute atomic E-state index is 11.9. The minimum atomic E-state index is 0. The highest BCUT2D eigenvalue weighted by molar-refractivity contribution is 5.96. The van der Waals surface area contributed by atoms with Gasteiger partial charge < -0.3 is 22.0 Å². The van der Waals surface area contributed by atoms with Gasteiger partial charge in [-0.05, 0) is 0 Å². The van der Waals surface area contributed by atoms with Crippen molar-refractivity contribution in [2.45, 2.75) is 6.42 Å². The second kappa shape index (κ2) is 7.43. The first kappa shape index (κ1) is 16.1. The van der Waals surface area contributed by atoms with Gasteiger partial charge in [0.1, 0.15) is 6.54 Å². The van der Waals surface area contributed by atoms with Crippen LogP contribution in [0.25, 0.3) is 0 Å². The van der Waals surface area contributed by atoms with Crippen molar-refractivity contribution in [3.8, 4) is 0 Å². The molecule has 96 valence electrons. The number of nitrogens with zero attached hydrogens (tertiary/aromatic N) is 1. The Kier molecular flexibility index (Phi) is 7.04. The zero-order valence-corrected chi connectivity index (χ0v) is 11.2. The van der Waals surface area contributed by atoms with Gasteiger partial charge in [0, 0.05) is 18.6 Å². The normalized spacial score (nSPS) is 10.8. The van der Waals surface area contributed by atoms with Gasteiger partial charge in [-0.2, -0.15) is 0 Å². The van der Waals surface area contributed by atoms with Gasteiger partial charge in [-0.1, -0.05) is 30.3 Å². The highest BCUT2D eigenvalue weighted by atomic mass is 35.5. The Morgan fingerprint density at radius 2 is 1.82 bits per heavy atom. The third kappa shape index (κ3) is 5.82. The molecule has 0 aliphatic rings. The second-order valence-electron chi connectivity index (χ2n) is 4.68. The van der Waals surface area contributed by atoms with Crippen molar-refractivity contribution in [2.75, 3.05) is 33.8 Å². The fourth-order valence-electron chi connectivity index (χ4n) is 1.68. The summed E-state index contributed by atoms with van der Waals surface area (Å²) in [6.45, 7) is 1.47. The molecule has 3 nitrogen and oxygen atoms in total. The summed E-state index contributed by atoms with van der Waals surface area (Å²) in [6, 6.07) is 9.34. The highest BCUT2D eigenvalue weighted by Crippen LogP contribution is 2.06. The van der Waals surface area contributed by atoms with Crippen LogP contribution in [0.2, 0.25) is 0 Å². The van der Waals surface area contributed by atoms with Crippen molar-refractivity contribution >= 4 is 5.78 Å². The van der Waals surface area contributed by atoms with Gasteiger partial charge in [0.05, 0.1) is 20.6 Å². The molecule has 4 heteroatoms. The number of carbonyl (C=O) groups excluding carboxylic acids is 1. The number of hydrogen-bond acceptors (Lipinski definition) is 2. The lowest BCUT2D eigenvalue weighted by molar-refractivity contribution is -0.882. The summed E-state index contributed by atoms with van der Waals surface area (Å²) in [5, 5.41) is 8.79. The highest BCUT2D eigenvalue weighted by Gasteiger charge is 2.20. The van der Waals surface area contributed by atoms with Crippen LogP contribution in [0.5, 0.6) is 0 Å². The standard InChI is InChI=1S/C13H20NO2.ClH/c1-14(2,9-6-10-15)11-13(16)12-7-4-3-5-8-12;/h3-5,7-8,15H,6,9-11H2,1-2H3;1H/q+1;/p-1. The fraction of sp³-hybridized carbons (Fsp3) is 0.462. The third-order valence-corrected chi connectivity index (χ3v) is 2.59. The summed E-state index contributed by atoms with van der Waals surface area (Å²) in [7, 11) is 4.02. The number of Topliss-reactive ketones (excluding diaryl/α,β-unsaturated/α-hetero) is 1. The molecule has 1 N–H and O–H groups in total. The molecule has 0 saturated heterocycles. The SMILES string of the molecule is C[N+](C)(CCCO)CC(=O)c1ccccc1.[Cl-]. The van der Waals surface area contributed by atoms with Crippen molar-refractivity contribution in [1.82, 2.24) is 0 Å². The summed E-state index contributed by atoms with van der Waals surface area (Å²) >= 11 is 0. The molecule has 0 heterocycles. The maximum Gasteiger partial charge on any atom is 0.216 e. The molecule has 0 unspecified atom stereocenters. The Morgan fingerprint density at radius 1 is 1.24 bits per heavy atom. The predicted molar refractivity (Wildman–Crippen MR) is 64.3 cm³/mol. The summed E-state index contributed by atoms with van der Waals surface area (Å²) in [6.07, 6.45) is 0.731. The summed E-state index contributed by atoms with van der Waals surface area (Å²) in [5.74, 6) is 0.156. The molecule has 1 aromatic rings. The minimum absolute atomic E-state index is 0. The van der Waals surface area contributed by atoms with E-state index in [9.17, 15) is 4.79 Å². The van der Waals surface area contributed by atoms with Gasteiger partial charge in [-0.3, -0.25) is 4.79 Å². The quantitative estimate of drug-likeness (QED) is 0.489. The van der Waals surface area contributed by atoms with E-state index < -0.39 is 0 Å². The number of likely N-dealkylation sites (N-methyl/N-ethyl adjacent to an activating group) is 1. The van der Waals surface area contributed by atoms with Crippen LogP contribution in [-0.4, -0.2) is 49.2 Å². The van der Waals surface area contributed by atoms with Crippen LogP contribution < -0.4 is 12.4 Å². The Bertz CT molecular complexity index is 339. The van der Waals surface area contributed by atoms with Gasteiger partial charge >= 0.3 is 0 Å². The van der Waals surface area contributed by atoms with E-state index in [-0.39, 0.29) is 24.8 Å². The van der Waals surface area contributed by atoms with Crippen molar-refractivity contribution in [1.29, 1.82) is 0 Å². The Labute approximate surface area is 109 Å². The lowest BCUT2D eigenvalue weighted by atomic mass is 10.1. The zero-order valence-electron chi connectivity index (χ0n) is 10.4. The molecule has 0 aliphatic carbocycles. The Morgan fingerprint density at radius 3 is 2.35 bits per heavy atom. The van der Waals surface area contributed by atoms with Gasteiger partial charge in [-0.15, -0.1) is 0 Å². The molecule has 0 fully saturated rings. The van der Waals surface area contributed by atoms with Crippen LogP contribution in [0.1, 0.15) is 16.8 Å². The largest absolute Gasteiger partial charge is 1.00 e. The lowest BCUT2D eigenvalue weighted by Crippen LogP contribution is -3.00. The number of hydrogen-bond donors (Lipinski definition) is 1. The average molecular weight is 258 g/mol. The number of carbonyl (C=O) groups is 1. The molecule has 0 amide bonds. The van der Waals surface area contributed by atoms with Crippen LogP contribution >= 0.6 is 0 Å². The van der Waals surface area contributed by atoms with Crippen LogP contribution in [0.15, 0.2) is 30.3 Å². The van der Waals surface area contributed by atoms with Crippen molar-refractivity contribution in [3.63, 3.8) is 0 Å². The van der Waals surface area contributed by atoms with Crippen LogP contribution in [0, 0.1) is 0 Å². The first-order chi connectivity index (χ1) is 7.55. The molecule has 0 aliphatic heterocycles. The van der Waals surface area contributed by atoms with E-state index in [1.165, 1.54) is 0 Å². The predicted octanol–water partition coefficient (Wildman–Crippen LogP) is -1.67. The number of rotatable bonds is 6. The smallest absolute Gasteiger partial charge is 0.216 e. The summed E-state index contributed by atoms with van der Waals surface area (Å²) in [4.78, 5) is 11.9. The van der Waals surface area contributed by atoms with Crippen molar-refractivity contribution < 1.29 is 26.8 Å². The van der Waals surface area contributed by atoms with Crippen LogP contribution in [0.3, 0.4) is 0 Å².